The molecule has 8 nitrogen and oxygen atoms in total. The Hall–Kier alpha value is -3.68. The van der Waals surface area contributed by atoms with Crippen molar-refractivity contribution in [1.82, 2.24) is 20.1 Å². The number of ether oxygens (including phenoxy) is 1. The lowest BCUT2D eigenvalue weighted by Gasteiger charge is -2.31. The highest BCUT2D eigenvalue weighted by Crippen LogP contribution is 2.25. The molecule has 4 rings (SSSR count). The first kappa shape index (κ1) is 18.7. The van der Waals surface area contributed by atoms with E-state index in [1.54, 1.807) is 29.2 Å². The van der Waals surface area contributed by atoms with Gasteiger partial charge in [-0.2, -0.15) is 5.10 Å². The Kier molecular flexibility index (Phi) is 5.51. The summed E-state index contributed by atoms with van der Waals surface area (Å²) in [5, 5.41) is 9.37. The molecule has 3 aromatic rings. The third-order valence-corrected chi connectivity index (χ3v) is 4.81. The van der Waals surface area contributed by atoms with Crippen LogP contribution in [0.5, 0.6) is 11.5 Å². The van der Waals surface area contributed by atoms with Crippen LogP contribution >= 0.6 is 0 Å². The topological polar surface area (TPSA) is 100 Å². The molecule has 1 unspecified atom stereocenters. The third kappa shape index (κ3) is 4.60. The van der Waals surface area contributed by atoms with Crippen LogP contribution in [0.4, 0.5) is 5.69 Å². The number of rotatable bonds is 4. The number of nitrogens with zero attached hydrogens (tertiary/aromatic N) is 3. The number of carbonyl (C=O) groups is 2. The van der Waals surface area contributed by atoms with E-state index in [0.717, 1.165) is 24.4 Å². The maximum atomic E-state index is 12.6. The van der Waals surface area contributed by atoms with Crippen molar-refractivity contribution in [2.45, 2.75) is 18.8 Å². The van der Waals surface area contributed by atoms with Gasteiger partial charge >= 0.3 is 11.8 Å². The molecule has 148 valence electrons. The van der Waals surface area contributed by atoms with Crippen LogP contribution in [0.2, 0.25) is 0 Å². The second kappa shape index (κ2) is 8.55. The fraction of sp³-hybridized carbons (Fsp3) is 0.238. The van der Waals surface area contributed by atoms with Gasteiger partial charge in [-0.25, -0.2) is 4.98 Å². The van der Waals surface area contributed by atoms with Crippen molar-refractivity contribution in [3.05, 3.63) is 66.7 Å². The van der Waals surface area contributed by atoms with Crippen molar-refractivity contribution < 1.29 is 14.3 Å². The number of aromatic amines is 1. The maximum absolute atomic E-state index is 12.6. The van der Waals surface area contributed by atoms with E-state index < -0.39 is 11.8 Å². The first-order valence-corrected chi connectivity index (χ1v) is 9.47. The molecule has 1 aliphatic heterocycles. The molecule has 0 spiro atoms. The summed E-state index contributed by atoms with van der Waals surface area (Å²) in [7, 11) is 0. The smallest absolute Gasteiger partial charge is 0.313 e. The van der Waals surface area contributed by atoms with E-state index in [9.17, 15) is 9.59 Å². The molecular weight excluding hydrogens is 370 g/mol. The summed E-state index contributed by atoms with van der Waals surface area (Å²) in [6.07, 6.45) is 3.17. The molecule has 1 aliphatic rings. The summed E-state index contributed by atoms with van der Waals surface area (Å²) < 4.78 is 5.73. The van der Waals surface area contributed by atoms with Crippen molar-refractivity contribution >= 4 is 17.5 Å². The Morgan fingerprint density at radius 1 is 1.07 bits per heavy atom. The number of piperidine rings is 1. The normalized spacial score (nSPS) is 16.3. The van der Waals surface area contributed by atoms with Crippen LogP contribution in [0.15, 0.2) is 60.9 Å². The number of amides is 2. The van der Waals surface area contributed by atoms with E-state index in [1.165, 1.54) is 6.33 Å². The molecule has 8 heteroatoms. The molecule has 1 atom stereocenters. The molecular formula is C21H21N5O3. The number of carbonyl (C=O) groups excluding carboxylic acids is 2. The SMILES string of the molecule is O=C(Nc1ccc(Oc2ccccc2)cc1)C(=O)N1CCCC(c2ncn[nH]2)C1. The van der Waals surface area contributed by atoms with E-state index in [0.29, 0.717) is 24.5 Å². The van der Waals surface area contributed by atoms with Crippen LogP contribution in [0.25, 0.3) is 0 Å². The molecule has 2 amide bonds. The summed E-state index contributed by atoms with van der Waals surface area (Å²) in [6.45, 7) is 1.01. The number of benzene rings is 2. The lowest BCUT2D eigenvalue weighted by Crippen LogP contribution is -2.44. The number of hydrogen-bond acceptors (Lipinski definition) is 5. The zero-order valence-corrected chi connectivity index (χ0v) is 15.7. The predicted molar refractivity (Wildman–Crippen MR) is 107 cm³/mol. The highest BCUT2D eigenvalue weighted by atomic mass is 16.5. The van der Waals surface area contributed by atoms with Crippen LogP contribution in [-0.4, -0.2) is 45.0 Å². The number of para-hydroxylation sites is 1. The lowest BCUT2D eigenvalue weighted by molar-refractivity contribution is -0.144. The van der Waals surface area contributed by atoms with Gasteiger partial charge in [0, 0.05) is 24.7 Å². The van der Waals surface area contributed by atoms with E-state index in [-0.39, 0.29) is 5.92 Å². The number of likely N-dealkylation sites (tertiary alicyclic amines) is 1. The van der Waals surface area contributed by atoms with Crippen molar-refractivity contribution in [1.29, 1.82) is 0 Å². The zero-order valence-electron chi connectivity index (χ0n) is 15.7. The van der Waals surface area contributed by atoms with Crippen molar-refractivity contribution in [2.75, 3.05) is 18.4 Å². The standard InChI is InChI=1S/C21H21N5O3/c27-20(21(28)26-12-4-5-15(13-26)19-22-14-23-25-19)24-16-8-10-18(11-9-16)29-17-6-2-1-3-7-17/h1-3,6-11,14-15H,4-5,12-13H2,(H,24,27)(H,22,23,25). The Morgan fingerprint density at radius 2 is 1.83 bits per heavy atom. The number of hydrogen-bond donors (Lipinski definition) is 2. The Morgan fingerprint density at radius 3 is 2.55 bits per heavy atom. The zero-order chi connectivity index (χ0) is 20.1. The molecule has 0 bridgehead atoms. The van der Waals surface area contributed by atoms with Gasteiger partial charge in [0.1, 0.15) is 23.7 Å². The fourth-order valence-corrected chi connectivity index (χ4v) is 3.36. The first-order valence-electron chi connectivity index (χ1n) is 9.47. The molecule has 1 aromatic heterocycles. The second-order valence-corrected chi connectivity index (χ2v) is 6.85. The average molecular weight is 391 g/mol. The Labute approximate surface area is 167 Å². The van der Waals surface area contributed by atoms with Crippen LogP contribution in [0.1, 0.15) is 24.6 Å². The van der Waals surface area contributed by atoms with Crippen LogP contribution in [0.3, 0.4) is 0 Å². The maximum Gasteiger partial charge on any atom is 0.313 e. The van der Waals surface area contributed by atoms with Crippen molar-refractivity contribution in [3.8, 4) is 11.5 Å². The summed E-state index contributed by atoms with van der Waals surface area (Å²) >= 11 is 0. The molecule has 1 saturated heterocycles. The molecule has 2 N–H and O–H groups in total. The van der Waals surface area contributed by atoms with Gasteiger partial charge in [-0.15, -0.1) is 0 Å². The minimum atomic E-state index is -0.653. The fourth-order valence-electron chi connectivity index (χ4n) is 3.36. The third-order valence-electron chi connectivity index (χ3n) is 4.81. The molecule has 0 radical (unpaired) electrons. The van der Waals surface area contributed by atoms with Gasteiger partial charge in [0.15, 0.2) is 0 Å². The van der Waals surface area contributed by atoms with E-state index >= 15 is 0 Å². The molecule has 2 aromatic carbocycles. The van der Waals surface area contributed by atoms with Crippen LogP contribution < -0.4 is 10.1 Å². The van der Waals surface area contributed by atoms with Crippen LogP contribution in [0, 0.1) is 0 Å². The second-order valence-electron chi connectivity index (χ2n) is 6.85. The average Bonchev–Trinajstić information content (AvgIpc) is 3.30. The van der Waals surface area contributed by atoms with Gasteiger partial charge in [-0.1, -0.05) is 18.2 Å². The van der Waals surface area contributed by atoms with Gasteiger partial charge in [0.05, 0.1) is 0 Å². The number of anilines is 1. The molecule has 0 aliphatic carbocycles. The first-order chi connectivity index (χ1) is 14.2. The summed E-state index contributed by atoms with van der Waals surface area (Å²) in [6, 6.07) is 16.3. The summed E-state index contributed by atoms with van der Waals surface area (Å²) in [4.78, 5) is 30.7. The molecule has 1 fully saturated rings. The number of H-pyrrole nitrogens is 1. The lowest BCUT2D eigenvalue weighted by atomic mass is 9.97. The molecule has 2 heterocycles. The molecule has 29 heavy (non-hydrogen) atoms. The monoisotopic (exact) mass is 391 g/mol. The van der Waals surface area contributed by atoms with Gasteiger partial charge < -0.3 is 15.0 Å². The number of aromatic nitrogens is 3. The summed E-state index contributed by atoms with van der Waals surface area (Å²) in [5.74, 6) is 0.991. The van der Waals surface area contributed by atoms with Gasteiger partial charge in [0.2, 0.25) is 0 Å². The van der Waals surface area contributed by atoms with E-state index in [2.05, 4.69) is 20.5 Å². The molecule has 0 saturated carbocycles. The van der Waals surface area contributed by atoms with E-state index in [4.69, 9.17) is 4.74 Å². The predicted octanol–water partition coefficient (Wildman–Crippen LogP) is 2.94. The number of nitrogens with one attached hydrogen (secondary N) is 2. The highest BCUT2D eigenvalue weighted by molar-refractivity contribution is 6.39. The highest BCUT2D eigenvalue weighted by Gasteiger charge is 2.29. The van der Waals surface area contributed by atoms with E-state index in [1.807, 2.05) is 30.3 Å². The minimum Gasteiger partial charge on any atom is -0.457 e. The minimum absolute atomic E-state index is 0.0671. The Balaban J connectivity index is 1.34. The van der Waals surface area contributed by atoms with Gasteiger partial charge in [-0.05, 0) is 49.2 Å². The van der Waals surface area contributed by atoms with Crippen molar-refractivity contribution in [2.24, 2.45) is 0 Å². The van der Waals surface area contributed by atoms with Crippen molar-refractivity contribution in [3.63, 3.8) is 0 Å². The Bertz CT molecular complexity index is 958. The van der Waals surface area contributed by atoms with Crippen LogP contribution in [-0.2, 0) is 9.59 Å². The van der Waals surface area contributed by atoms with Gasteiger partial charge in [0.25, 0.3) is 0 Å². The largest absolute Gasteiger partial charge is 0.457 e. The summed E-state index contributed by atoms with van der Waals surface area (Å²) in [5.41, 5.74) is 0.535. The van der Waals surface area contributed by atoms with Gasteiger partial charge in [-0.3, -0.25) is 14.7 Å². The quantitative estimate of drug-likeness (QED) is 0.666.